The molecule has 0 fully saturated rings. The Morgan fingerprint density at radius 2 is 1.93 bits per heavy atom. The number of para-hydroxylation sites is 1. The van der Waals surface area contributed by atoms with E-state index < -0.39 is 10.0 Å². The molecule has 1 N–H and O–H groups in total. The average Bonchev–Trinajstić information content (AvgIpc) is 3.14. The third-order valence-electron chi connectivity index (χ3n) is 4.57. The van der Waals surface area contributed by atoms with E-state index in [1.807, 2.05) is 24.3 Å². The van der Waals surface area contributed by atoms with Gasteiger partial charge in [0.15, 0.2) is 10.9 Å². The third-order valence-corrected chi connectivity index (χ3v) is 7.33. The number of furan rings is 1. The smallest absolute Gasteiger partial charge is 0.287 e. The van der Waals surface area contributed by atoms with Crippen LogP contribution < -0.4 is 5.32 Å². The van der Waals surface area contributed by atoms with E-state index in [9.17, 15) is 13.2 Å². The number of sulfonamides is 1. The number of fused-ring (bicyclic) bond motifs is 1. The van der Waals surface area contributed by atoms with Gasteiger partial charge in [-0.25, -0.2) is 22.7 Å². The number of nitrogens with zero attached hydrogens (tertiary/aromatic N) is 3. The van der Waals surface area contributed by atoms with Crippen LogP contribution >= 0.6 is 11.8 Å². The molecule has 0 radical (unpaired) electrons. The van der Waals surface area contributed by atoms with E-state index in [0.29, 0.717) is 36.0 Å². The summed E-state index contributed by atoms with van der Waals surface area (Å²) in [6.45, 7) is 2.29. The van der Waals surface area contributed by atoms with Gasteiger partial charge in [0.1, 0.15) is 5.58 Å². The van der Waals surface area contributed by atoms with E-state index in [-0.39, 0.29) is 17.4 Å². The van der Waals surface area contributed by atoms with Crippen LogP contribution in [-0.2, 0) is 15.8 Å². The first kappa shape index (κ1) is 22.3. The van der Waals surface area contributed by atoms with Crippen molar-refractivity contribution in [1.82, 2.24) is 19.6 Å². The highest BCUT2D eigenvalue weighted by atomic mass is 32.2. The highest BCUT2D eigenvalue weighted by molar-refractivity contribution is 7.98. The molecule has 30 heavy (non-hydrogen) atoms. The van der Waals surface area contributed by atoms with E-state index in [1.165, 1.54) is 16.1 Å². The van der Waals surface area contributed by atoms with Crippen molar-refractivity contribution in [2.24, 2.45) is 0 Å². The Bertz CT molecular complexity index is 1100. The summed E-state index contributed by atoms with van der Waals surface area (Å²) in [6, 6.07) is 9.25. The Morgan fingerprint density at radius 3 is 2.67 bits per heavy atom. The second-order valence-electron chi connectivity index (χ2n) is 6.56. The summed E-state index contributed by atoms with van der Waals surface area (Å²) in [5, 5.41) is 4.32. The molecule has 3 rings (SSSR count). The fraction of sp³-hybridized carbons (Fsp3) is 0.350. The van der Waals surface area contributed by atoms with Crippen LogP contribution in [0.15, 0.2) is 52.3 Å². The predicted molar refractivity (Wildman–Crippen MR) is 117 cm³/mol. The van der Waals surface area contributed by atoms with Gasteiger partial charge in [0.25, 0.3) is 5.91 Å². The zero-order valence-electron chi connectivity index (χ0n) is 16.9. The Morgan fingerprint density at radius 1 is 1.20 bits per heavy atom. The van der Waals surface area contributed by atoms with Crippen LogP contribution in [0.5, 0.6) is 0 Å². The van der Waals surface area contributed by atoms with Crippen molar-refractivity contribution >= 4 is 38.7 Å². The number of hydrogen-bond donors (Lipinski definition) is 1. The van der Waals surface area contributed by atoms with Gasteiger partial charge in [-0.1, -0.05) is 30.0 Å². The quantitative estimate of drug-likeness (QED) is 0.289. The van der Waals surface area contributed by atoms with Crippen LogP contribution in [0.3, 0.4) is 0 Å². The van der Waals surface area contributed by atoms with Crippen LogP contribution in [0, 0.1) is 0 Å². The molecular weight excluding hydrogens is 424 g/mol. The summed E-state index contributed by atoms with van der Waals surface area (Å²) in [5.41, 5.74) is 1.42. The topological polar surface area (TPSA) is 105 Å². The van der Waals surface area contributed by atoms with Crippen LogP contribution in [0.1, 0.15) is 29.5 Å². The van der Waals surface area contributed by atoms with E-state index in [2.05, 4.69) is 15.3 Å². The first-order chi connectivity index (χ1) is 14.4. The number of carbonyl (C=O) groups excluding carboxylic acids is 1. The van der Waals surface area contributed by atoms with Crippen molar-refractivity contribution in [3.63, 3.8) is 0 Å². The van der Waals surface area contributed by atoms with Crippen LogP contribution in [-0.4, -0.2) is 54.5 Å². The molecule has 2 aromatic heterocycles. The minimum absolute atomic E-state index is 0.0565. The maximum absolute atomic E-state index is 12.8. The minimum Gasteiger partial charge on any atom is -0.451 e. The van der Waals surface area contributed by atoms with E-state index in [1.54, 1.807) is 32.4 Å². The van der Waals surface area contributed by atoms with Gasteiger partial charge in [0.05, 0.1) is 5.75 Å². The Balaban J connectivity index is 1.67. The minimum atomic E-state index is -3.22. The van der Waals surface area contributed by atoms with Crippen LogP contribution in [0.25, 0.3) is 11.0 Å². The van der Waals surface area contributed by atoms with Gasteiger partial charge in [-0.3, -0.25) is 4.79 Å². The number of carbonyl (C=O) groups is 1. The molecule has 0 atom stereocenters. The molecule has 0 saturated carbocycles. The lowest BCUT2D eigenvalue weighted by Gasteiger charge is -2.15. The number of hydrogen-bond acceptors (Lipinski definition) is 7. The van der Waals surface area contributed by atoms with E-state index in [0.717, 1.165) is 10.9 Å². The summed E-state index contributed by atoms with van der Waals surface area (Å²) < 4.78 is 30.7. The molecule has 10 heteroatoms. The molecule has 3 aromatic rings. The molecule has 1 amide bonds. The van der Waals surface area contributed by atoms with Gasteiger partial charge in [-0.15, -0.1) is 0 Å². The van der Waals surface area contributed by atoms with Crippen LogP contribution in [0.4, 0.5) is 0 Å². The monoisotopic (exact) mass is 448 g/mol. The Hall–Kier alpha value is -2.43. The third kappa shape index (κ3) is 5.38. The molecule has 0 aliphatic heterocycles. The van der Waals surface area contributed by atoms with Gasteiger partial charge in [-0.2, -0.15) is 0 Å². The standard InChI is InChI=1S/C20H24N4O4S2/c1-3-30(26,27)24(2)13-7-12-21-19(25)18-16(14-29-20-22-10-6-11-23-20)15-8-4-5-9-17(15)28-18/h4-6,8-11H,3,7,12-14H2,1-2H3,(H,21,25). The van der Waals surface area contributed by atoms with E-state index >= 15 is 0 Å². The fourth-order valence-electron chi connectivity index (χ4n) is 2.87. The van der Waals surface area contributed by atoms with Crippen molar-refractivity contribution < 1.29 is 17.6 Å². The highest BCUT2D eigenvalue weighted by Crippen LogP contribution is 2.30. The van der Waals surface area contributed by atoms with Crippen LogP contribution in [0.2, 0.25) is 0 Å². The zero-order chi connectivity index (χ0) is 21.6. The fourth-order valence-corrected chi connectivity index (χ4v) is 4.54. The van der Waals surface area contributed by atoms with Crippen molar-refractivity contribution in [2.75, 3.05) is 25.9 Å². The molecular formula is C20H24N4O4S2. The number of thioether (sulfide) groups is 1. The second kappa shape index (κ2) is 10.1. The summed E-state index contributed by atoms with van der Waals surface area (Å²) in [4.78, 5) is 21.2. The average molecular weight is 449 g/mol. The lowest BCUT2D eigenvalue weighted by Crippen LogP contribution is -2.32. The summed E-state index contributed by atoms with van der Waals surface area (Å²) >= 11 is 1.43. The number of nitrogens with one attached hydrogen (secondary N) is 1. The van der Waals surface area contributed by atoms with Crippen molar-refractivity contribution in [2.45, 2.75) is 24.3 Å². The first-order valence-corrected chi connectivity index (χ1v) is 12.1. The first-order valence-electron chi connectivity index (χ1n) is 9.55. The number of rotatable bonds is 10. The number of benzene rings is 1. The highest BCUT2D eigenvalue weighted by Gasteiger charge is 2.21. The molecule has 160 valence electrons. The molecule has 0 unspecified atom stereocenters. The lowest BCUT2D eigenvalue weighted by atomic mass is 10.1. The maximum atomic E-state index is 12.8. The molecule has 0 saturated heterocycles. The van der Waals surface area contributed by atoms with Crippen molar-refractivity contribution in [3.05, 3.63) is 54.0 Å². The van der Waals surface area contributed by atoms with Gasteiger partial charge in [-0.05, 0) is 25.5 Å². The van der Waals surface area contributed by atoms with Gasteiger partial charge >= 0.3 is 0 Å². The SMILES string of the molecule is CCS(=O)(=O)N(C)CCCNC(=O)c1oc2ccccc2c1CSc1ncccn1. The van der Waals surface area contributed by atoms with E-state index in [4.69, 9.17) is 4.42 Å². The molecule has 0 bridgehead atoms. The Kier molecular flexibility index (Phi) is 7.46. The summed E-state index contributed by atoms with van der Waals surface area (Å²) in [7, 11) is -1.68. The summed E-state index contributed by atoms with van der Waals surface area (Å²) in [5.74, 6) is 0.480. The number of aromatic nitrogens is 2. The normalized spacial score (nSPS) is 11.8. The molecule has 0 aliphatic rings. The van der Waals surface area contributed by atoms with Crippen molar-refractivity contribution in [3.8, 4) is 0 Å². The maximum Gasteiger partial charge on any atom is 0.287 e. The molecule has 2 heterocycles. The van der Waals surface area contributed by atoms with Gasteiger partial charge in [0.2, 0.25) is 10.0 Å². The largest absolute Gasteiger partial charge is 0.451 e. The van der Waals surface area contributed by atoms with Gasteiger partial charge in [0, 0.05) is 49.2 Å². The van der Waals surface area contributed by atoms with Crippen molar-refractivity contribution in [1.29, 1.82) is 0 Å². The lowest BCUT2D eigenvalue weighted by molar-refractivity contribution is 0.0926. The molecule has 1 aromatic carbocycles. The number of amides is 1. The zero-order valence-corrected chi connectivity index (χ0v) is 18.5. The molecule has 0 aliphatic carbocycles. The Labute approximate surface area is 180 Å². The van der Waals surface area contributed by atoms with Gasteiger partial charge < -0.3 is 9.73 Å². The molecule has 8 nitrogen and oxygen atoms in total. The predicted octanol–water partition coefficient (Wildman–Crippen LogP) is 2.92. The molecule has 0 spiro atoms. The second-order valence-corrected chi connectivity index (χ2v) is 9.86. The summed E-state index contributed by atoms with van der Waals surface area (Å²) in [6.07, 6.45) is 3.85.